The van der Waals surface area contributed by atoms with Crippen LogP contribution in [0.2, 0.25) is 0 Å². The molecule has 1 aliphatic rings. The van der Waals surface area contributed by atoms with Gasteiger partial charge in [-0.1, -0.05) is 12.1 Å². The van der Waals surface area contributed by atoms with Gasteiger partial charge < -0.3 is 15.2 Å². The van der Waals surface area contributed by atoms with E-state index in [1.165, 1.54) is 12.0 Å². The van der Waals surface area contributed by atoms with Crippen LogP contribution in [-0.2, 0) is 11.2 Å². The van der Waals surface area contributed by atoms with Crippen molar-refractivity contribution in [2.24, 2.45) is 5.73 Å². The maximum Gasteiger partial charge on any atom is 0.199 e. The zero-order chi connectivity index (χ0) is 11.2. The van der Waals surface area contributed by atoms with Gasteiger partial charge in [0, 0.05) is 6.42 Å². The van der Waals surface area contributed by atoms with Crippen molar-refractivity contribution in [3.05, 3.63) is 29.8 Å². The number of hydrogen-bond acceptors (Lipinski definition) is 3. The van der Waals surface area contributed by atoms with E-state index in [2.05, 4.69) is 12.1 Å². The van der Waals surface area contributed by atoms with Crippen LogP contribution in [0.1, 0.15) is 24.8 Å². The normalized spacial score (nSPS) is 20.7. The van der Waals surface area contributed by atoms with E-state index in [9.17, 15) is 0 Å². The second-order valence-electron chi connectivity index (χ2n) is 4.10. The van der Waals surface area contributed by atoms with Gasteiger partial charge in [0.15, 0.2) is 6.29 Å². The summed E-state index contributed by atoms with van der Waals surface area (Å²) in [7, 11) is 0. The molecule has 0 saturated carbocycles. The van der Waals surface area contributed by atoms with E-state index < -0.39 is 0 Å². The third-order valence-corrected chi connectivity index (χ3v) is 2.76. The highest BCUT2D eigenvalue weighted by Gasteiger charge is 2.14. The maximum atomic E-state index is 5.73. The lowest BCUT2D eigenvalue weighted by molar-refractivity contribution is -0.105. The number of rotatable bonds is 4. The topological polar surface area (TPSA) is 44.5 Å². The highest BCUT2D eigenvalue weighted by Crippen LogP contribution is 2.19. The van der Waals surface area contributed by atoms with E-state index in [1.54, 1.807) is 0 Å². The molecule has 1 aromatic rings. The summed E-state index contributed by atoms with van der Waals surface area (Å²) in [5.74, 6) is 0.882. The van der Waals surface area contributed by atoms with Gasteiger partial charge in [-0.15, -0.1) is 0 Å². The van der Waals surface area contributed by atoms with Crippen molar-refractivity contribution in [1.82, 2.24) is 0 Å². The van der Waals surface area contributed by atoms with Crippen molar-refractivity contribution >= 4 is 0 Å². The predicted molar refractivity (Wildman–Crippen MR) is 63.4 cm³/mol. The molecule has 1 fully saturated rings. The van der Waals surface area contributed by atoms with Crippen LogP contribution in [-0.4, -0.2) is 19.4 Å². The van der Waals surface area contributed by atoms with Gasteiger partial charge in [-0.25, -0.2) is 0 Å². The van der Waals surface area contributed by atoms with E-state index in [1.807, 2.05) is 12.1 Å². The van der Waals surface area contributed by atoms with Crippen LogP contribution >= 0.6 is 0 Å². The van der Waals surface area contributed by atoms with E-state index in [0.717, 1.165) is 31.6 Å². The van der Waals surface area contributed by atoms with Gasteiger partial charge in [-0.3, -0.25) is 0 Å². The summed E-state index contributed by atoms with van der Waals surface area (Å²) in [6, 6.07) is 8.10. The fourth-order valence-corrected chi connectivity index (χ4v) is 1.86. The molecule has 0 aromatic heterocycles. The smallest absolute Gasteiger partial charge is 0.199 e. The Morgan fingerprint density at radius 2 is 2.06 bits per heavy atom. The zero-order valence-corrected chi connectivity index (χ0v) is 9.52. The van der Waals surface area contributed by atoms with Gasteiger partial charge in [-0.2, -0.15) is 0 Å². The molecule has 3 nitrogen and oxygen atoms in total. The third-order valence-electron chi connectivity index (χ3n) is 2.76. The molecule has 1 unspecified atom stereocenters. The minimum atomic E-state index is -0.0610. The molecule has 1 atom stereocenters. The molecular weight excluding hydrogens is 202 g/mol. The average Bonchev–Trinajstić information content (AvgIpc) is 2.33. The van der Waals surface area contributed by atoms with Crippen molar-refractivity contribution in [2.45, 2.75) is 32.0 Å². The predicted octanol–water partition coefficient (Wildman–Crippen LogP) is 2.09. The Morgan fingerprint density at radius 3 is 2.69 bits per heavy atom. The molecule has 1 aliphatic heterocycles. The lowest BCUT2D eigenvalue weighted by Crippen LogP contribution is -2.24. The van der Waals surface area contributed by atoms with Crippen LogP contribution in [0.5, 0.6) is 5.75 Å². The van der Waals surface area contributed by atoms with Gasteiger partial charge in [0.1, 0.15) is 5.75 Å². The highest BCUT2D eigenvalue weighted by atomic mass is 16.7. The molecule has 3 heteroatoms. The SMILES string of the molecule is NCCc1ccc(OC2CCCCO2)cc1. The molecule has 88 valence electrons. The fraction of sp³-hybridized carbons (Fsp3) is 0.538. The van der Waals surface area contributed by atoms with E-state index in [-0.39, 0.29) is 6.29 Å². The van der Waals surface area contributed by atoms with Crippen LogP contribution in [0.4, 0.5) is 0 Å². The van der Waals surface area contributed by atoms with Crippen LogP contribution in [0.3, 0.4) is 0 Å². The summed E-state index contributed by atoms with van der Waals surface area (Å²) in [6.45, 7) is 1.50. The Bertz CT molecular complexity index is 304. The van der Waals surface area contributed by atoms with Crippen molar-refractivity contribution in [1.29, 1.82) is 0 Å². The van der Waals surface area contributed by atoms with Crippen molar-refractivity contribution in [3.63, 3.8) is 0 Å². The van der Waals surface area contributed by atoms with Crippen molar-refractivity contribution < 1.29 is 9.47 Å². The van der Waals surface area contributed by atoms with Gasteiger partial charge in [0.2, 0.25) is 0 Å². The first kappa shape index (κ1) is 11.4. The summed E-state index contributed by atoms with van der Waals surface area (Å²) < 4.78 is 11.3. The average molecular weight is 221 g/mol. The Kier molecular flexibility index (Phi) is 4.19. The van der Waals surface area contributed by atoms with Gasteiger partial charge in [0.05, 0.1) is 6.61 Å². The lowest BCUT2D eigenvalue weighted by Gasteiger charge is -2.23. The summed E-state index contributed by atoms with van der Waals surface area (Å²) in [6.07, 6.45) is 4.19. The summed E-state index contributed by atoms with van der Waals surface area (Å²) in [5, 5.41) is 0. The maximum absolute atomic E-state index is 5.73. The van der Waals surface area contributed by atoms with Gasteiger partial charge in [0.25, 0.3) is 0 Å². The van der Waals surface area contributed by atoms with Crippen LogP contribution in [0, 0.1) is 0 Å². The van der Waals surface area contributed by atoms with Crippen LogP contribution in [0.15, 0.2) is 24.3 Å². The molecule has 2 rings (SSSR count). The fourth-order valence-electron chi connectivity index (χ4n) is 1.86. The molecule has 0 spiro atoms. The molecule has 2 N–H and O–H groups in total. The second kappa shape index (κ2) is 5.87. The Balaban J connectivity index is 1.88. The zero-order valence-electron chi connectivity index (χ0n) is 9.52. The monoisotopic (exact) mass is 221 g/mol. The molecule has 1 heterocycles. The first-order chi connectivity index (χ1) is 7.88. The number of hydrogen-bond donors (Lipinski definition) is 1. The number of benzene rings is 1. The largest absolute Gasteiger partial charge is 0.465 e. The molecule has 1 aromatic carbocycles. The lowest BCUT2D eigenvalue weighted by atomic mass is 10.1. The highest BCUT2D eigenvalue weighted by molar-refractivity contribution is 5.27. The van der Waals surface area contributed by atoms with Crippen molar-refractivity contribution in [3.8, 4) is 5.75 Å². The standard InChI is InChI=1S/C13H19NO2/c14-9-8-11-4-6-12(7-5-11)16-13-3-1-2-10-15-13/h4-7,13H,1-3,8-10,14H2. The molecule has 1 saturated heterocycles. The van der Waals surface area contributed by atoms with Crippen LogP contribution < -0.4 is 10.5 Å². The third kappa shape index (κ3) is 3.22. The minimum Gasteiger partial charge on any atom is -0.465 e. The molecule has 0 bridgehead atoms. The summed E-state index contributed by atoms with van der Waals surface area (Å²) >= 11 is 0. The Labute approximate surface area is 96.5 Å². The molecule has 0 amide bonds. The number of ether oxygens (including phenoxy) is 2. The molecule has 0 radical (unpaired) electrons. The van der Waals surface area contributed by atoms with E-state index in [0.29, 0.717) is 6.54 Å². The van der Waals surface area contributed by atoms with Gasteiger partial charge in [-0.05, 0) is 43.5 Å². The van der Waals surface area contributed by atoms with Crippen LogP contribution in [0.25, 0.3) is 0 Å². The van der Waals surface area contributed by atoms with E-state index >= 15 is 0 Å². The molecule has 0 aliphatic carbocycles. The van der Waals surface area contributed by atoms with Crippen molar-refractivity contribution in [2.75, 3.05) is 13.2 Å². The first-order valence-electron chi connectivity index (χ1n) is 5.96. The first-order valence-corrected chi connectivity index (χ1v) is 5.96. The van der Waals surface area contributed by atoms with Gasteiger partial charge >= 0.3 is 0 Å². The quantitative estimate of drug-likeness (QED) is 0.846. The minimum absolute atomic E-state index is 0.0610. The second-order valence-corrected chi connectivity index (χ2v) is 4.10. The van der Waals surface area contributed by atoms with E-state index in [4.69, 9.17) is 15.2 Å². The molecule has 16 heavy (non-hydrogen) atoms. The molecular formula is C13H19NO2. The number of nitrogens with two attached hydrogens (primary N) is 1. The summed E-state index contributed by atoms with van der Waals surface area (Å²) in [4.78, 5) is 0. The Morgan fingerprint density at radius 1 is 1.25 bits per heavy atom. The Hall–Kier alpha value is -1.06. The summed E-state index contributed by atoms with van der Waals surface area (Å²) in [5.41, 5.74) is 6.75.